The lowest BCUT2D eigenvalue weighted by atomic mass is 10.2. The largest absolute Gasteiger partial charge is 0.321 e. The summed E-state index contributed by atoms with van der Waals surface area (Å²) in [7, 11) is 0. The van der Waals surface area contributed by atoms with E-state index in [0.717, 1.165) is 4.88 Å². The molecule has 2 nitrogen and oxygen atoms in total. The number of benzene rings is 1. The van der Waals surface area contributed by atoms with Crippen molar-refractivity contribution in [3.63, 3.8) is 0 Å². The van der Waals surface area contributed by atoms with Crippen molar-refractivity contribution in [1.82, 2.24) is 4.90 Å². The molecule has 0 radical (unpaired) electrons. The van der Waals surface area contributed by atoms with E-state index in [0.29, 0.717) is 17.9 Å². The summed E-state index contributed by atoms with van der Waals surface area (Å²) in [4.78, 5) is 14.9. The van der Waals surface area contributed by atoms with Crippen LogP contribution >= 0.6 is 23.1 Å². The first-order valence-corrected chi connectivity index (χ1v) is 7.86. The second-order valence-electron chi connectivity index (χ2n) is 4.29. The van der Waals surface area contributed by atoms with Crippen LogP contribution in [0.5, 0.6) is 0 Å². The summed E-state index contributed by atoms with van der Waals surface area (Å²) in [5, 5.41) is 2.02. The van der Waals surface area contributed by atoms with Gasteiger partial charge in [0.2, 0.25) is 5.91 Å². The molecular weight excluding hydrogens is 281 g/mol. The summed E-state index contributed by atoms with van der Waals surface area (Å²) in [6.07, 6.45) is 0. The fraction of sp³-hybridized carbons (Fsp3) is 0.214. The molecule has 0 aliphatic carbocycles. The summed E-state index contributed by atoms with van der Waals surface area (Å²) in [6, 6.07) is 10.6. The third-order valence-electron chi connectivity index (χ3n) is 3.05. The van der Waals surface area contributed by atoms with Gasteiger partial charge in [-0.25, -0.2) is 4.39 Å². The summed E-state index contributed by atoms with van der Waals surface area (Å²) < 4.78 is 13.7. The fourth-order valence-electron chi connectivity index (χ4n) is 2.10. The topological polar surface area (TPSA) is 20.3 Å². The normalized spacial score (nSPS) is 19.1. The molecule has 2 aromatic rings. The minimum absolute atomic E-state index is 0.0205. The van der Waals surface area contributed by atoms with Gasteiger partial charge in [-0.3, -0.25) is 4.79 Å². The average molecular weight is 293 g/mol. The van der Waals surface area contributed by atoms with Crippen LogP contribution in [0.4, 0.5) is 4.39 Å². The zero-order chi connectivity index (χ0) is 13.2. The van der Waals surface area contributed by atoms with Crippen molar-refractivity contribution in [3.8, 4) is 0 Å². The molecule has 1 aliphatic heterocycles. The Kier molecular flexibility index (Phi) is 3.57. The minimum Gasteiger partial charge on any atom is -0.321 e. The first-order valence-electron chi connectivity index (χ1n) is 5.93. The maximum absolute atomic E-state index is 13.7. The van der Waals surface area contributed by atoms with E-state index in [1.165, 1.54) is 6.07 Å². The SMILES string of the molecule is O=C1CSC(c2cccs2)N1Cc1ccccc1F. The molecule has 19 heavy (non-hydrogen) atoms. The van der Waals surface area contributed by atoms with Crippen molar-refractivity contribution in [3.05, 3.63) is 58.0 Å². The van der Waals surface area contributed by atoms with Crippen LogP contribution in [0.15, 0.2) is 41.8 Å². The quantitative estimate of drug-likeness (QED) is 0.860. The van der Waals surface area contributed by atoms with Crippen LogP contribution in [0.2, 0.25) is 0 Å². The molecule has 1 aromatic carbocycles. The van der Waals surface area contributed by atoms with Crippen LogP contribution in [0.25, 0.3) is 0 Å². The van der Waals surface area contributed by atoms with Crippen LogP contribution < -0.4 is 0 Å². The van der Waals surface area contributed by atoms with Gasteiger partial charge in [0.1, 0.15) is 11.2 Å². The second-order valence-corrected chi connectivity index (χ2v) is 6.34. The van der Waals surface area contributed by atoms with Crippen molar-refractivity contribution >= 4 is 29.0 Å². The first-order chi connectivity index (χ1) is 9.25. The summed E-state index contributed by atoms with van der Waals surface area (Å²) in [5.74, 6) is 0.292. The number of halogens is 1. The Balaban J connectivity index is 1.85. The highest BCUT2D eigenvalue weighted by molar-refractivity contribution is 8.00. The van der Waals surface area contributed by atoms with Gasteiger partial charge in [-0.05, 0) is 17.5 Å². The maximum atomic E-state index is 13.7. The van der Waals surface area contributed by atoms with Crippen LogP contribution in [0.1, 0.15) is 15.8 Å². The molecule has 1 aliphatic rings. The minimum atomic E-state index is -0.253. The molecule has 1 atom stereocenters. The molecule has 1 saturated heterocycles. The molecule has 1 amide bonds. The number of rotatable bonds is 3. The van der Waals surface area contributed by atoms with Crippen LogP contribution in [-0.4, -0.2) is 16.6 Å². The predicted octanol–water partition coefficient (Wildman–Crippen LogP) is 3.66. The number of carbonyl (C=O) groups is 1. The van der Waals surface area contributed by atoms with E-state index in [-0.39, 0.29) is 17.1 Å². The van der Waals surface area contributed by atoms with Gasteiger partial charge in [0.15, 0.2) is 0 Å². The molecule has 0 N–H and O–H groups in total. The number of carbonyl (C=O) groups excluding carboxylic acids is 1. The van der Waals surface area contributed by atoms with Gasteiger partial charge in [-0.15, -0.1) is 23.1 Å². The summed E-state index contributed by atoms with van der Waals surface area (Å²) in [5.41, 5.74) is 0.569. The molecule has 2 heterocycles. The average Bonchev–Trinajstić information content (AvgIpc) is 3.03. The van der Waals surface area contributed by atoms with Gasteiger partial charge in [0, 0.05) is 10.4 Å². The Morgan fingerprint density at radius 3 is 2.84 bits per heavy atom. The fourth-order valence-corrected chi connectivity index (χ4v) is 4.27. The van der Waals surface area contributed by atoms with E-state index < -0.39 is 0 Å². The van der Waals surface area contributed by atoms with Gasteiger partial charge >= 0.3 is 0 Å². The summed E-state index contributed by atoms with van der Waals surface area (Å²) >= 11 is 3.24. The Morgan fingerprint density at radius 1 is 1.26 bits per heavy atom. The summed E-state index contributed by atoms with van der Waals surface area (Å²) in [6.45, 7) is 0.334. The number of hydrogen-bond acceptors (Lipinski definition) is 3. The third kappa shape index (κ3) is 2.53. The van der Waals surface area contributed by atoms with Crippen LogP contribution in [0, 0.1) is 5.82 Å². The van der Waals surface area contributed by atoms with Gasteiger partial charge in [-0.2, -0.15) is 0 Å². The number of hydrogen-bond donors (Lipinski definition) is 0. The standard InChI is InChI=1S/C14H12FNOS2/c15-11-5-2-1-4-10(11)8-16-13(17)9-19-14(16)12-6-3-7-18-12/h1-7,14H,8-9H2. The van der Waals surface area contributed by atoms with Crippen molar-refractivity contribution in [2.24, 2.45) is 0 Å². The third-order valence-corrected chi connectivity index (χ3v) is 5.36. The van der Waals surface area contributed by atoms with E-state index in [4.69, 9.17) is 0 Å². The number of thiophene rings is 1. The lowest BCUT2D eigenvalue weighted by Gasteiger charge is -2.23. The molecule has 1 fully saturated rings. The lowest BCUT2D eigenvalue weighted by Crippen LogP contribution is -2.27. The zero-order valence-corrected chi connectivity index (χ0v) is 11.7. The van der Waals surface area contributed by atoms with Crippen LogP contribution in [0.3, 0.4) is 0 Å². The molecule has 1 unspecified atom stereocenters. The predicted molar refractivity (Wildman–Crippen MR) is 76.5 cm³/mol. The zero-order valence-electron chi connectivity index (χ0n) is 10.1. The van der Waals surface area contributed by atoms with E-state index in [1.54, 1.807) is 46.2 Å². The van der Waals surface area contributed by atoms with Crippen molar-refractivity contribution < 1.29 is 9.18 Å². The molecule has 1 aromatic heterocycles. The molecule has 98 valence electrons. The molecule has 0 saturated carbocycles. The molecule has 0 bridgehead atoms. The number of thioether (sulfide) groups is 1. The van der Waals surface area contributed by atoms with E-state index in [2.05, 4.69) is 0 Å². The molecule has 3 rings (SSSR count). The van der Waals surface area contributed by atoms with Gasteiger partial charge < -0.3 is 4.90 Å². The molecule has 0 spiro atoms. The lowest BCUT2D eigenvalue weighted by molar-refractivity contribution is -0.128. The maximum Gasteiger partial charge on any atom is 0.234 e. The van der Waals surface area contributed by atoms with E-state index in [1.807, 2.05) is 17.5 Å². The van der Waals surface area contributed by atoms with E-state index >= 15 is 0 Å². The Hall–Kier alpha value is -1.33. The monoisotopic (exact) mass is 293 g/mol. The van der Waals surface area contributed by atoms with Crippen molar-refractivity contribution in [2.45, 2.75) is 11.9 Å². The first kappa shape index (κ1) is 12.7. The highest BCUT2D eigenvalue weighted by atomic mass is 32.2. The number of nitrogens with zero attached hydrogens (tertiary/aromatic N) is 1. The van der Waals surface area contributed by atoms with E-state index in [9.17, 15) is 9.18 Å². The Labute approximate surface area is 119 Å². The smallest absolute Gasteiger partial charge is 0.234 e. The highest BCUT2D eigenvalue weighted by Crippen LogP contribution is 2.41. The Morgan fingerprint density at radius 2 is 2.11 bits per heavy atom. The molecule has 5 heteroatoms. The Bertz CT molecular complexity index is 585. The van der Waals surface area contributed by atoms with Crippen molar-refractivity contribution in [2.75, 3.05) is 5.75 Å². The second kappa shape index (κ2) is 5.35. The van der Waals surface area contributed by atoms with Crippen LogP contribution in [-0.2, 0) is 11.3 Å². The van der Waals surface area contributed by atoms with Gasteiger partial charge in [-0.1, -0.05) is 24.3 Å². The van der Waals surface area contributed by atoms with Gasteiger partial charge in [0.25, 0.3) is 0 Å². The highest BCUT2D eigenvalue weighted by Gasteiger charge is 2.33. The van der Waals surface area contributed by atoms with Gasteiger partial charge in [0.05, 0.1) is 12.3 Å². The molecular formula is C14H12FNOS2. The van der Waals surface area contributed by atoms with Crippen molar-refractivity contribution in [1.29, 1.82) is 0 Å². The number of amides is 1.